The van der Waals surface area contributed by atoms with Gasteiger partial charge in [0.1, 0.15) is 34.6 Å². The molecule has 4 heterocycles. The van der Waals surface area contributed by atoms with Gasteiger partial charge in [0, 0.05) is 56.8 Å². The van der Waals surface area contributed by atoms with Crippen LogP contribution in [0.2, 0.25) is 0 Å². The summed E-state index contributed by atoms with van der Waals surface area (Å²) in [6.45, 7) is 6.31. The number of carbonyl (C=O) groups excluding carboxylic acids is 2. The first-order chi connectivity index (χ1) is 25.4. The number of nitrogens with zero attached hydrogens (tertiary/aromatic N) is 4. The molecule has 15 heteroatoms. The van der Waals surface area contributed by atoms with Crippen molar-refractivity contribution in [3.8, 4) is 11.5 Å². The Labute approximate surface area is 305 Å². The van der Waals surface area contributed by atoms with Gasteiger partial charge in [-0.3, -0.25) is 19.0 Å². The molecule has 53 heavy (non-hydrogen) atoms. The van der Waals surface area contributed by atoms with E-state index in [4.69, 9.17) is 14.3 Å². The van der Waals surface area contributed by atoms with Crippen molar-refractivity contribution < 1.29 is 32.1 Å². The van der Waals surface area contributed by atoms with Crippen LogP contribution in [0.1, 0.15) is 56.1 Å². The Morgan fingerprint density at radius 1 is 0.962 bits per heavy atom. The van der Waals surface area contributed by atoms with Gasteiger partial charge in [0.15, 0.2) is 0 Å². The molecule has 1 aromatic heterocycles. The molecule has 3 aliphatic heterocycles. The van der Waals surface area contributed by atoms with Crippen molar-refractivity contribution >= 4 is 35.9 Å². The van der Waals surface area contributed by atoms with E-state index in [1.165, 1.54) is 16.7 Å². The van der Waals surface area contributed by atoms with Crippen molar-refractivity contribution in [3.05, 3.63) is 106 Å². The van der Waals surface area contributed by atoms with E-state index in [1.54, 1.807) is 24.3 Å². The second-order valence-electron chi connectivity index (χ2n) is 13.9. The Morgan fingerprint density at radius 2 is 1.64 bits per heavy atom. The molecule has 0 aliphatic carbocycles. The average molecular weight is 729 g/mol. The fourth-order valence-corrected chi connectivity index (χ4v) is 7.30. The molecule has 0 bridgehead atoms. The predicted molar refractivity (Wildman–Crippen MR) is 195 cm³/mol. The van der Waals surface area contributed by atoms with Gasteiger partial charge in [-0.2, -0.15) is 13.2 Å². The molecule has 4 aromatic rings. The highest BCUT2D eigenvalue weighted by Gasteiger charge is 2.50. The standard InChI is InChI=1S/C38H40BF3N6O5/c1-3-16-43-34(50)28-22-37(2,23-31(49)47-19-17-46(18-20-47)27-12-5-4-6-13-27)36-45-33(39-52-29-14-7-8-15-30(29)53-39)32(35(51)48(28)36)44-24-25-10-9-11-26(21-25)38(40,41)42/h4-15,21,28,44H,3,16-20,22-24H2,1-2H3,(H,43,50). The van der Waals surface area contributed by atoms with E-state index in [-0.39, 0.29) is 53.9 Å². The minimum Gasteiger partial charge on any atom is -0.518 e. The van der Waals surface area contributed by atoms with Gasteiger partial charge in [-0.1, -0.05) is 56.3 Å². The molecule has 1 saturated heterocycles. The Bertz CT molecular complexity index is 2030. The van der Waals surface area contributed by atoms with Crippen molar-refractivity contribution in [2.75, 3.05) is 42.9 Å². The maximum absolute atomic E-state index is 14.7. The number of rotatable bonds is 10. The molecule has 0 radical (unpaired) electrons. The van der Waals surface area contributed by atoms with Crippen LogP contribution in [0.3, 0.4) is 0 Å². The number of halogens is 3. The first-order valence-electron chi connectivity index (χ1n) is 17.8. The summed E-state index contributed by atoms with van der Waals surface area (Å²) in [6, 6.07) is 20.8. The lowest BCUT2D eigenvalue weighted by Crippen LogP contribution is -2.50. The van der Waals surface area contributed by atoms with Crippen molar-refractivity contribution in [1.82, 2.24) is 19.8 Å². The lowest BCUT2D eigenvalue weighted by Gasteiger charge is -2.37. The highest BCUT2D eigenvalue weighted by Crippen LogP contribution is 2.43. The van der Waals surface area contributed by atoms with Crippen molar-refractivity contribution in [1.29, 1.82) is 0 Å². The van der Waals surface area contributed by atoms with Gasteiger partial charge in [0.25, 0.3) is 5.56 Å². The number of aromatic nitrogens is 2. The molecule has 1 fully saturated rings. The molecule has 2 unspecified atom stereocenters. The summed E-state index contributed by atoms with van der Waals surface area (Å²) in [5.41, 5.74) is -1.14. The van der Waals surface area contributed by atoms with Crippen LogP contribution in [0.15, 0.2) is 83.7 Å². The fourth-order valence-electron chi connectivity index (χ4n) is 7.30. The summed E-state index contributed by atoms with van der Waals surface area (Å²) in [5.74, 6) is 0.575. The largest absolute Gasteiger partial charge is 0.655 e. The number of nitrogens with one attached hydrogen (secondary N) is 2. The van der Waals surface area contributed by atoms with Crippen LogP contribution < -0.4 is 36.0 Å². The van der Waals surface area contributed by atoms with Crippen molar-refractivity contribution in [3.63, 3.8) is 0 Å². The van der Waals surface area contributed by atoms with Crippen LogP contribution in [-0.2, 0) is 27.7 Å². The minimum atomic E-state index is -4.55. The van der Waals surface area contributed by atoms with Crippen LogP contribution in [0.5, 0.6) is 11.5 Å². The number of hydrogen-bond acceptors (Lipinski definition) is 8. The second-order valence-corrected chi connectivity index (χ2v) is 13.9. The molecular weight excluding hydrogens is 688 g/mol. The number of para-hydroxylation sites is 3. The second kappa shape index (κ2) is 14.5. The number of hydrogen-bond donors (Lipinski definition) is 2. The normalized spacial score (nSPS) is 19.3. The Morgan fingerprint density at radius 3 is 2.30 bits per heavy atom. The van der Waals surface area contributed by atoms with Gasteiger partial charge in [0.05, 0.1) is 5.56 Å². The van der Waals surface area contributed by atoms with Crippen LogP contribution in [0, 0.1) is 0 Å². The average Bonchev–Trinajstić information content (AvgIpc) is 3.72. The van der Waals surface area contributed by atoms with Gasteiger partial charge in [-0.05, 0) is 54.8 Å². The molecule has 11 nitrogen and oxygen atoms in total. The number of anilines is 2. The summed E-state index contributed by atoms with van der Waals surface area (Å²) in [7, 11) is -1.19. The van der Waals surface area contributed by atoms with Gasteiger partial charge >= 0.3 is 13.3 Å². The monoisotopic (exact) mass is 728 g/mol. The molecule has 2 atom stereocenters. The molecule has 3 aromatic carbocycles. The topological polar surface area (TPSA) is 118 Å². The molecule has 276 valence electrons. The van der Waals surface area contributed by atoms with Gasteiger partial charge in [-0.25, -0.2) is 4.98 Å². The van der Waals surface area contributed by atoms with E-state index < -0.39 is 35.9 Å². The molecule has 7 rings (SSSR count). The van der Waals surface area contributed by atoms with E-state index in [1.807, 2.05) is 49.1 Å². The molecular formula is C38H40BF3N6O5. The summed E-state index contributed by atoms with van der Waals surface area (Å²) >= 11 is 0. The quantitative estimate of drug-likeness (QED) is 0.229. The first-order valence-corrected chi connectivity index (χ1v) is 17.8. The zero-order valence-electron chi connectivity index (χ0n) is 29.5. The number of carbonyl (C=O) groups is 2. The van der Waals surface area contributed by atoms with Crippen LogP contribution >= 0.6 is 0 Å². The highest BCUT2D eigenvalue weighted by atomic mass is 19.4. The van der Waals surface area contributed by atoms with Crippen LogP contribution in [0.4, 0.5) is 24.5 Å². The Hall–Kier alpha value is -5.47. The highest BCUT2D eigenvalue weighted by molar-refractivity contribution is 6.64. The fraction of sp³-hybridized carbons (Fsp3) is 0.368. The number of fused-ring (bicyclic) bond motifs is 2. The predicted octanol–water partition coefficient (Wildman–Crippen LogP) is 4.51. The zero-order chi connectivity index (χ0) is 37.3. The number of piperazine rings is 1. The van der Waals surface area contributed by atoms with E-state index >= 15 is 0 Å². The minimum absolute atomic E-state index is 0.00854. The molecule has 2 amide bonds. The van der Waals surface area contributed by atoms with Crippen LogP contribution in [0.25, 0.3) is 0 Å². The first kappa shape index (κ1) is 35.9. The van der Waals surface area contributed by atoms with Crippen molar-refractivity contribution in [2.24, 2.45) is 0 Å². The molecule has 3 aliphatic rings. The Kier molecular flexibility index (Phi) is 9.84. The van der Waals surface area contributed by atoms with E-state index in [0.29, 0.717) is 50.6 Å². The Balaban J connectivity index is 1.24. The van der Waals surface area contributed by atoms with Gasteiger partial charge in [-0.15, -0.1) is 0 Å². The lowest BCUT2D eigenvalue weighted by molar-refractivity contribution is -0.137. The van der Waals surface area contributed by atoms with Gasteiger partial charge in [0.2, 0.25) is 11.8 Å². The van der Waals surface area contributed by atoms with Gasteiger partial charge < -0.3 is 29.7 Å². The third kappa shape index (κ3) is 7.29. The lowest BCUT2D eigenvalue weighted by atomic mass is 9.80. The maximum atomic E-state index is 14.7. The molecule has 0 spiro atoms. The number of alkyl halides is 3. The molecule has 2 N–H and O–H groups in total. The van der Waals surface area contributed by atoms with Crippen LogP contribution in [-0.4, -0.2) is 66.1 Å². The van der Waals surface area contributed by atoms with Crippen molar-refractivity contribution in [2.45, 2.75) is 57.3 Å². The van der Waals surface area contributed by atoms with E-state index in [9.17, 15) is 27.6 Å². The smallest absolute Gasteiger partial charge is 0.518 e. The molecule has 0 saturated carbocycles. The third-order valence-corrected chi connectivity index (χ3v) is 10.0. The summed E-state index contributed by atoms with van der Waals surface area (Å²) in [6.07, 6.45) is -3.76. The van der Waals surface area contributed by atoms with E-state index in [0.717, 1.165) is 17.8 Å². The number of benzene rings is 3. The SMILES string of the molecule is CCCNC(=O)C1CC(C)(CC(=O)N2CCN(c3ccccc3)CC2)c2nc(B3Oc4ccccc4O3)c(NCc3cccc(C(F)(F)F)c3)c(=O)n21. The number of amides is 2. The summed E-state index contributed by atoms with van der Waals surface area (Å²) < 4.78 is 54.1. The zero-order valence-corrected chi connectivity index (χ0v) is 29.5. The summed E-state index contributed by atoms with van der Waals surface area (Å²) in [5, 5.41) is 5.91. The van der Waals surface area contributed by atoms with E-state index in [2.05, 4.69) is 15.5 Å². The third-order valence-electron chi connectivity index (χ3n) is 10.0. The summed E-state index contributed by atoms with van der Waals surface area (Å²) in [4.78, 5) is 51.4. The maximum Gasteiger partial charge on any atom is 0.655 e.